The van der Waals surface area contributed by atoms with Crippen molar-refractivity contribution in [1.82, 2.24) is 9.97 Å². The average molecular weight is 194 g/mol. The van der Waals surface area contributed by atoms with Gasteiger partial charge in [-0.05, 0) is 6.92 Å². The number of nitrogen functional groups attached to an aromatic ring is 1. The van der Waals surface area contributed by atoms with Gasteiger partial charge in [-0.15, -0.1) is 0 Å². The summed E-state index contributed by atoms with van der Waals surface area (Å²) in [6, 6.07) is 1.52. The maximum absolute atomic E-state index is 9.47. The summed E-state index contributed by atoms with van der Waals surface area (Å²) >= 11 is 0. The van der Waals surface area contributed by atoms with Crippen LogP contribution >= 0.6 is 0 Å². The Balaban J connectivity index is 3.03. The Hall–Kier alpha value is -1.71. The molecule has 4 N–H and O–H groups in total. The van der Waals surface area contributed by atoms with Gasteiger partial charge in [0.15, 0.2) is 6.10 Å². The predicted octanol–water partition coefficient (Wildman–Crippen LogP) is -0.715. The van der Waals surface area contributed by atoms with Gasteiger partial charge in [0.05, 0.1) is 6.07 Å². The van der Waals surface area contributed by atoms with Crippen LogP contribution in [-0.4, -0.2) is 26.3 Å². The van der Waals surface area contributed by atoms with Crippen LogP contribution in [0.15, 0.2) is 6.20 Å². The molecule has 6 heteroatoms. The van der Waals surface area contributed by atoms with Crippen LogP contribution in [0.5, 0.6) is 0 Å². The quantitative estimate of drug-likeness (QED) is 0.535. The number of aliphatic hydroxyl groups is 2. The summed E-state index contributed by atoms with van der Waals surface area (Å²) in [5.41, 5.74) is 6.05. The number of aliphatic hydroxyl groups excluding tert-OH is 2. The summed E-state index contributed by atoms with van der Waals surface area (Å²) in [4.78, 5) is 7.46. The molecule has 0 aliphatic rings. The molecule has 0 fully saturated rings. The van der Waals surface area contributed by atoms with Crippen LogP contribution in [0.2, 0.25) is 0 Å². The zero-order valence-corrected chi connectivity index (χ0v) is 7.55. The van der Waals surface area contributed by atoms with E-state index in [4.69, 9.17) is 16.1 Å². The summed E-state index contributed by atoms with van der Waals surface area (Å²) < 4.78 is 0. The lowest BCUT2D eigenvalue weighted by Gasteiger charge is -2.13. The SMILES string of the molecule is Cc1nc(N)ncc1C(O)C(O)C#N. The maximum Gasteiger partial charge on any atom is 0.220 e. The molecular formula is C8H10N4O2. The van der Waals surface area contributed by atoms with Crippen molar-refractivity contribution in [2.75, 3.05) is 5.73 Å². The van der Waals surface area contributed by atoms with Gasteiger partial charge in [-0.2, -0.15) is 5.26 Å². The number of nitriles is 1. The van der Waals surface area contributed by atoms with Crippen molar-refractivity contribution in [3.8, 4) is 6.07 Å². The molecule has 2 unspecified atom stereocenters. The molecule has 14 heavy (non-hydrogen) atoms. The van der Waals surface area contributed by atoms with Crippen molar-refractivity contribution in [2.24, 2.45) is 0 Å². The van der Waals surface area contributed by atoms with E-state index < -0.39 is 12.2 Å². The van der Waals surface area contributed by atoms with Crippen LogP contribution in [0.25, 0.3) is 0 Å². The van der Waals surface area contributed by atoms with Crippen molar-refractivity contribution in [3.05, 3.63) is 17.5 Å². The smallest absolute Gasteiger partial charge is 0.220 e. The van der Waals surface area contributed by atoms with Gasteiger partial charge in [0.1, 0.15) is 6.10 Å². The molecule has 0 saturated heterocycles. The molecule has 0 aromatic carbocycles. The Morgan fingerprint density at radius 3 is 2.71 bits per heavy atom. The lowest BCUT2D eigenvalue weighted by atomic mass is 10.1. The summed E-state index contributed by atoms with van der Waals surface area (Å²) in [7, 11) is 0. The molecule has 0 aliphatic carbocycles. The minimum atomic E-state index is -1.49. The van der Waals surface area contributed by atoms with Gasteiger partial charge in [-0.1, -0.05) is 0 Å². The number of aromatic nitrogens is 2. The Labute approximate surface area is 80.7 Å². The van der Waals surface area contributed by atoms with Crippen LogP contribution in [0.3, 0.4) is 0 Å². The molecule has 6 nitrogen and oxygen atoms in total. The van der Waals surface area contributed by atoms with E-state index in [1.165, 1.54) is 12.3 Å². The van der Waals surface area contributed by atoms with E-state index in [0.717, 1.165) is 0 Å². The average Bonchev–Trinajstić information content (AvgIpc) is 2.15. The molecule has 0 radical (unpaired) electrons. The minimum absolute atomic E-state index is 0.0879. The Bertz CT molecular complexity index is 374. The van der Waals surface area contributed by atoms with E-state index in [1.807, 2.05) is 0 Å². The number of hydrogen-bond donors (Lipinski definition) is 3. The Kier molecular flexibility index (Phi) is 2.96. The fraction of sp³-hybridized carbons (Fsp3) is 0.375. The number of anilines is 1. The van der Waals surface area contributed by atoms with Gasteiger partial charge in [0, 0.05) is 17.5 Å². The summed E-state index contributed by atoms with van der Waals surface area (Å²) in [5.74, 6) is 0.0879. The van der Waals surface area contributed by atoms with Crippen LogP contribution in [0, 0.1) is 18.3 Å². The molecule has 74 valence electrons. The molecule has 2 atom stereocenters. The topological polar surface area (TPSA) is 116 Å². The van der Waals surface area contributed by atoms with E-state index >= 15 is 0 Å². The molecule has 0 saturated carbocycles. The molecule has 0 spiro atoms. The van der Waals surface area contributed by atoms with Crippen LogP contribution in [0.4, 0.5) is 5.95 Å². The summed E-state index contributed by atoms with van der Waals surface area (Å²) in [6.07, 6.45) is -1.50. The minimum Gasteiger partial charge on any atom is -0.384 e. The highest BCUT2D eigenvalue weighted by atomic mass is 16.3. The molecular weight excluding hydrogens is 184 g/mol. The predicted molar refractivity (Wildman–Crippen MR) is 47.8 cm³/mol. The first-order valence-corrected chi connectivity index (χ1v) is 3.91. The van der Waals surface area contributed by atoms with E-state index in [0.29, 0.717) is 11.3 Å². The lowest BCUT2D eigenvalue weighted by molar-refractivity contribution is 0.0518. The van der Waals surface area contributed by atoms with E-state index in [9.17, 15) is 5.11 Å². The first-order valence-electron chi connectivity index (χ1n) is 3.91. The van der Waals surface area contributed by atoms with E-state index in [-0.39, 0.29) is 5.95 Å². The van der Waals surface area contributed by atoms with Gasteiger partial charge in [-0.3, -0.25) is 0 Å². The van der Waals surface area contributed by atoms with Crippen LogP contribution in [-0.2, 0) is 0 Å². The number of nitrogens with zero attached hydrogens (tertiary/aromatic N) is 3. The first-order chi connectivity index (χ1) is 6.56. The molecule has 1 rings (SSSR count). The maximum atomic E-state index is 9.47. The van der Waals surface area contributed by atoms with Crippen molar-refractivity contribution in [1.29, 1.82) is 5.26 Å². The molecule has 1 aromatic heterocycles. The number of hydrogen-bond acceptors (Lipinski definition) is 6. The summed E-state index contributed by atoms with van der Waals surface area (Å²) in [5, 5.41) is 26.9. The number of nitrogens with two attached hydrogens (primary N) is 1. The lowest BCUT2D eigenvalue weighted by Crippen LogP contribution is -2.18. The van der Waals surface area contributed by atoms with Gasteiger partial charge in [0.2, 0.25) is 5.95 Å². The standard InChI is InChI=1S/C8H10N4O2/c1-4-5(3-11-8(10)12-4)7(14)6(13)2-9/h3,6-7,13-14H,1H3,(H2,10,11,12). The molecule has 0 aliphatic heterocycles. The van der Waals surface area contributed by atoms with Crippen LogP contribution in [0.1, 0.15) is 17.4 Å². The second kappa shape index (κ2) is 4.00. The van der Waals surface area contributed by atoms with Crippen molar-refractivity contribution >= 4 is 5.95 Å². The summed E-state index contributed by atoms with van der Waals surface area (Å²) in [6.45, 7) is 1.61. The highest BCUT2D eigenvalue weighted by Gasteiger charge is 2.20. The van der Waals surface area contributed by atoms with Gasteiger partial charge >= 0.3 is 0 Å². The zero-order chi connectivity index (χ0) is 10.7. The fourth-order valence-corrected chi connectivity index (χ4v) is 1.03. The second-order valence-corrected chi connectivity index (χ2v) is 2.79. The molecule has 0 amide bonds. The highest BCUT2D eigenvalue weighted by Crippen LogP contribution is 2.18. The van der Waals surface area contributed by atoms with Crippen molar-refractivity contribution < 1.29 is 10.2 Å². The second-order valence-electron chi connectivity index (χ2n) is 2.79. The van der Waals surface area contributed by atoms with Crippen molar-refractivity contribution in [2.45, 2.75) is 19.1 Å². The number of aryl methyl sites for hydroxylation is 1. The number of rotatable bonds is 2. The van der Waals surface area contributed by atoms with E-state index in [1.54, 1.807) is 6.92 Å². The Morgan fingerprint density at radius 1 is 1.57 bits per heavy atom. The third-order valence-corrected chi connectivity index (χ3v) is 1.79. The molecule has 0 bridgehead atoms. The van der Waals surface area contributed by atoms with Gasteiger partial charge < -0.3 is 15.9 Å². The largest absolute Gasteiger partial charge is 0.384 e. The third kappa shape index (κ3) is 1.96. The fourth-order valence-electron chi connectivity index (χ4n) is 1.03. The Morgan fingerprint density at radius 2 is 2.21 bits per heavy atom. The normalized spacial score (nSPS) is 14.4. The van der Waals surface area contributed by atoms with E-state index in [2.05, 4.69) is 9.97 Å². The monoisotopic (exact) mass is 194 g/mol. The first kappa shape index (κ1) is 10.4. The van der Waals surface area contributed by atoms with Crippen LogP contribution < -0.4 is 5.73 Å². The third-order valence-electron chi connectivity index (χ3n) is 1.79. The zero-order valence-electron chi connectivity index (χ0n) is 7.55. The van der Waals surface area contributed by atoms with Gasteiger partial charge in [-0.25, -0.2) is 9.97 Å². The van der Waals surface area contributed by atoms with Crippen molar-refractivity contribution in [3.63, 3.8) is 0 Å². The molecule has 1 aromatic rings. The molecule has 1 heterocycles. The van der Waals surface area contributed by atoms with Gasteiger partial charge in [0.25, 0.3) is 0 Å². The highest BCUT2D eigenvalue weighted by molar-refractivity contribution is 5.27.